The first-order valence-electron chi connectivity index (χ1n) is 4.83. The maximum atomic E-state index is 2.41. The number of thioether (sulfide) groups is 1. The van der Waals surface area contributed by atoms with E-state index in [0.717, 1.165) is 23.0 Å². The lowest BCUT2D eigenvalue weighted by Gasteiger charge is -2.05. The topological polar surface area (TPSA) is 0 Å². The Morgan fingerprint density at radius 1 is 1.36 bits per heavy atom. The smallest absolute Gasteiger partial charge is 0.0109 e. The van der Waals surface area contributed by atoms with Crippen LogP contribution in [0.4, 0.5) is 0 Å². The van der Waals surface area contributed by atoms with Crippen molar-refractivity contribution in [2.75, 3.05) is 5.75 Å². The molecule has 0 nitrogen and oxygen atoms in total. The largest absolute Gasteiger partial charge is 0.158 e. The lowest BCUT2D eigenvalue weighted by molar-refractivity contribution is 0.470. The molecule has 0 aromatic rings. The third kappa shape index (κ3) is 1.93. The summed E-state index contributed by atoms with van der Waals surface area (Å²) in [5.74, 6) is 4.27. The van der Waals surface area contributed by atoms with Gasteiger partial charge in [-0.25, -0.2) is 0 Å². The van der Waals surface area contributed by atoms with Crippen LogP contribution in [0.15, 0.2) is 0 Å². The minimum absolute atomic E-state index is 0.953. The van der Waals surface area contributed by atoms with Gasteiger partial charge in [-0.15, -0.1) is 0 Å². The molecular weight excluding hydrogens is 152 g/mol. The van der Waals surface area contributed by atoms with Crippen LogP contribution >= 0.6 is 11.8 Å². The molecule has 1 heteroatoms. The van der Waals surface area contributed by atoms with Crippen molar-refractivity contribution >= 4 is 11.8 Å². The van der Waals surface area contributed by atoms with E-state index in [1.165, 1.54) is 12.2 Å². The number of hydrogen-bond acceptors (Lipinski definition) is 1. The fraction of sp³-hybridized carbons (Fsp3) is 1.00. The summed E-state index contributed by atoms with van der Waals surface area (Å²) in [6, 6.07) is 0. The normalized spacial score (nSPS) is 38.7. The molecular formula is C10H20S. The van der Waals surface area contributed by atoms with Gasteiger partial charge in [-0.2, -0.15) is 11.8 Å². The average molecular weight is 172 g/mol. The molecule has 0 aromatic carbocycles. The molecule has 66 valence electrons. The molecule has 1 fully saturated rings. The van der Waals surface area contributed by atoms with Gasteiger partial charge in [0, 0.05) is 5.25 Å². The molecule has 0 radical (unpaired) electrons. The monoisotopic (exact) mass is 172 g/mol. The average Bonchev–Trinajstić information content (AvgIpc) is 2.62. The van der Waals surface area contributed by atoms with Crippen LogP contribution in [-0.2, 0) is 0 Å². The van der Waals surface area contributed by atoms with Crippen LogP contribution in [0, 0.1) is 17.8 Å². The van der Waals surface area contributed by atoms with Crippen molar-refractivity contribution in [3.05, 3.63) is 0 Å². The van der Waals surface area contributed by atoms with Crippen LogP contribution in [-0.4, -0.2) is 11.0 Å². The second-order valence-electron chi connectivity index (χ2n) is 3.74. The Morgan fingerprint density at radius 3 is 2.45 bits per heavy atom. The molecule has 1 aliphatic carbocycles. The summed E-state index contributed by atoms with van der Waals surface area (Å²) >= 11 is 2.16. The summed E-state index contributed by atoms with van der Waals surface area (Å²) in [4.78, 5) is 0. The Hall–Kier alpha value is 0.350. The minimum Gasteiger partial charge on any atom is -0.158 e. The summed E-state index contributed by atoms with van der Waals surface area (Å²) in [6.45, 7) is 9.38. The van der Waals surface area contributed by atoms with Gasteiger partial charge in [-0.3, -0.25) is 0 Å². The fourth-order valence-electron chi connectivity index (χ4n) is 2.03. The van der Waals surface area contributed by atoms with Gasteiger partial charge in [0.25, 0.3) is 0 Å². The fourth-order valence-corrected chi connectivity index (χ4v) is 3.54. The maximum absolute atomic E-state index is 2.41. The van der Waals surface area contributed by atoms with E-state index in [-0.39, 0.29) is 0 Å². The van der Waals surface area contributed by atoms with Crippen molar-refractivity contribution in [3.8, 4) is 0 Å². The second kappa shape index (κ2) is 3.84. The molecule has 0 spiro atoms. The van der Waals surface area contributed by atoms with Gasteiger partial charge in [0.15, 0.2) is 0 Å². The Morgan fingerprint density at radius 2 is 2.00 bits per heavy atom. The van der Waals surface area contributed by atoms with E-state index >= 15 is 0 Å². The van der Waals surface area contributed by atoms with Gasteiger partial charge in [0.2, 0.25) is 0 Å². The van der Waals surface area contributed by atoms with Crippen LogP contribution in [0.5, 0.6) is 0 Å². The van der Waals surface area contributed by atoms with Crippen LogP contribution in [0.2, 0.25) is 0 Å². The molecule has 0 N–H and O–H groups in total. The summed E-state index contributed by atoms with van der Waals surface area (Å²) < 4.78 is 0. The molecule has 0 amide bonds. The zero-order valence-electron chi connectivity index (χ0n) is 8.13. The predicted molar refractivity (Wildman–Crippen MR) is 54.0 cm³/mol. The molecule has 0 aromatic heterocycles. The standard InChI is InChI=1S/C10H20S/c1-5-7(3)9-8(4)10(9)11-6-2/h7-10H,5-6H2,1-4H3. The van der Waals surface area contributed by atoms with Crippen molar-refractivity contribution in [2.24, 2.45) is 17.8 Å². The van der Waals surface area contributed by atoms with Crippen LogP contribution < -0.4 is 0 Å². The van der Waals surface area contributed by atoms with Crippen molar-refractivity contribution in [3.63, 3.8) is 0 Å². The van der Waals surface area contributed by atoms with E-state index in [2.05, 4.69) is 39.5 Å². The highest BCUT2D eigenvalue weighted by atomic mass is 32.2. The molecule has 1 aliphatic rings. The predicted octanol–water partition coefficient (Wildman–Crippen LogP) is 3.42. The van der Waals surface area contributed by atoms with Crippen LogP contribution in [0.1, 0.15) is 34.1 Å². The third-order valence-corrected chi connectivity index (χ3v) is 4.49. The third-order valence-electron chi connectivity index (χ3n) is 3.02. The first-order chi connectivity index (χ1) is 5.22. The Labute approximate surface area is 75.1 Å². The molecule has 1 rings (SSSR count). The summed E-state index contributed by atoms with van der Waals surface area (Å²) in [5, 5.41) is 0.995. The summed E-state index contributed by atoms with van der Waals surface area (Å²) in [6.07, 6.45) is 1.36. The SMILES string of the molecule is CCSC1C(C)C1C(C)CC. The van der Waals surface area contributed by atoms with E-state index in [4.69, 9.17) is 0 Å². The highest BCUT2D eigenvalue weighted by Crippen LogP contribution is 2.52. The summed E-state index contributed by atoms with van der Waals surface area (Å²) in [7, 11) is 0. The van der Waals surface area contributed by atoms with Crippen molar-refractivity contribution in [1.29, 1.82) is 0 Å². The van der Waals surface area contributed by atoms with E-state index in [1.54, 1.807) is 0 Å². The van der Waals surface area contributed by atoms with E-state index in [1.807, 2.05) is 0 Å². The molecule has 0 heterocycles. The molecule has 0 bridgehead atoms. The number of rotatable bonds is 4. The zero-order valence-corrected chi connectivity index (χ0v) is 8.95. The molecule has 0 aliphatic heterocycles. The van der Waals surface area contributed by atoms with Crippen molar-refractivity contribution in [1.82, 2.24) is 0 Å². The van der Waals surface area contributed by atoms with Crippen molar-refractivity contribution in [2.45, 2.75) is 39.4 Å². The van der Waals surface area contributed by atoms with Gasteiger partial charge in [0.05, 0.1) is 0 Å². The Bertz CT molecular complexity index is 122. The molecule has 0 saturated heterocycles. The zero-order chi connectivity index (χ0) is 8.43. The molecule has 4 atom stereocenters. The van der Waals surface area contributed by atoms with Crippen LogP contribution in [0.3, 0.4) is 0 Å². The Balaban J connectivity index is 2.28. The first kappa shape index (κ1) is 9.44. The number of hydrogen-bond donors (Lipinski definition) is 0. The lowest BCUT2D eigenvalue weighted by atomic mass is 10.0. The first-order valence-corrected chi connectivity index (χ1v) is 5.88. The summed E-state index contributed by atoms with van der Waals surface area (Å²) in [5.41, 5.74) is 0. The van der Waals surface area contributed by atoms with Crippen LogP contribution in [0.25, 0.3) is 0 Å². The molecule has 11 heavy (non-hydrogen) atoms. The van der Waals surface area contributed by atoms with Gasteiger partial charge >= 0.3 is 0 Å². The van der Waals surface area contributed by atoms with Gasteiger partial charge in [-0.1, -0.05) is 34.1 Å². The molecule has 4 unspecified atom stereocenters. The van der Waals surface area contributed by atoms with Gasteiger partial charge in [-0.05, 0) is 23.5 Å². The molecule has 1 saturated carbocycles. The van der Waals surface area contributed by atoms with E-state index in [9.17, 15) is 0 Å². The highest BCUT2D eigenvalue weighted by molar-refractivity contribution is 8.00. The van der Waals surface area contributed by atoms with Gasteiger partial charge in [0.1, 0.15) is 0 Å². The van der Waals surface area contributed by atoms with E-state index in [0.29, 0.717) is 0 Å². The van der Waals surface area contributed by atoms with Crippen molar-refractivity contribution < 1.29 is 0 Å². The Kier molecular flexibility index (Phi) is 3.29. The minimum atomic E-state index is 0.953. The lowest BCUT2D eigenvalue weighted by Crippen LogP contribution is -1.98. The van der Waals surface area contributed by atoms with Gasteiger partial charge < -0.3 is 0 Å². The quantitative estimate of drug-likeness (QED) is 0.626. The highest BCUT2D eigenvalue weighted by Gasteiger charge is 2.48. The van der Waals surface area contributed by atoms with E-state index < -0.39 is 0 Å². The maximum Gasteiger partial charge on any atom is 0.0109 e. The second-order valence-corrected chi connectivity index (χ2v) is 5.20.